The van der Waals surface area contributed by atoms with E-state index in [2.05, 4.69) is 10.3 Å². The minimum absolute atomic E-state index is 0.00652. The first-order chi connectivity index (χ1) is 9.34. The zero-order valence-electron chi connectivity index (χ0n) is 11.5. The normalized spacial score (nSPS) is 13.7. The Bertz CT molecular complexity index is 710. The monoisotopic (exact) mass is 313 g/mol. The fraction of sp³-hybridized carbons (Fsp3) is 0.385. The number of hydrogen-bond donors (Lipinski definition) is 0. The molecule has 1 atom stereocenters. The summed E-state index contributed by atoms with van der Waals surface area (Å²) in [7, 11) is -3.54. The molecule has 0 fully saturated rings. The van der Waals surface area contributed by atoms with Crippen LogP contribution in [0.2, 0.25) is 5.02 Å². The lowest BCUT2D eigenvalue weighted by Crippen LogP contribution is -2.29. The summed E-state index contributed by atoms with van der Waals surface area (Å²) in [5.74, 6) is -0.00652. The second-order valence-corrected chi connectivity index (χ2v) is 7.51. The van der Waals surface area contributed by atoms with E-state index in [4.69, 9.17) is 11.6 Å². The summed E-state index contributed by atoms with van der Waals surface area (Å²) in [6.45, 7) is 5.37. The molecule has 1 aromatic heterocycles. The van der Waals surface area contributed by atoms with Crippen molar-refractivity contribution in [2.24, 2.45) is 5.92 Å². The third-order valence-corrected chi connectivity index (χ3v) is 5.81. The summed E-state index contributed by atoms with van der Waals surface area (Å²) in [5.41, 5.74) is 1.10. The Morgan fingerprint density at radius 2 is 1.85 bits per heavy atom. The first kappa shape index (κ1) is 15.0. The summed E-state index contributed by atoms with van der Waals surface area (Å²) >= 11 is 6.07. The molecule has 0 bridgehead atoms. The van der Waals surface area contributed by atoms with Gasteiger partial charge in [0.05, 0.1) is 16.5 Å². The van der Waals surface area contributed by atoms with Gasteiger partial charge in [-0.05, 0) is 18.9 Å². The number of aromatic nitrogens is 3. The topological polar surface area (TPSA) is 64.8 Å². The van der Waals surface area contributed by atoms with Crippen LogP contribution in [0.5, 0.6) is 0 Å². The maximum Gasteiger partial charge on any atom is 0.258 e. The quantitative estimate of drug-likeness (QED) is 0.870. The zero-order valence-corrected chi connectivity index (χ0v) is 13.1. The van der Waals surface area contributed by atoms with Crippen LogP contribution in [0.4, 0.5) is 0 Å². The predicted molar refractivity (Wildman–Crippen MR) is 79.1 cm³/mol. The molecule has 0 aliphatic rings. The number of rotatable bonds is 4. The van der Waals surface area contributed by atoms with Crippen LogP contribution in [-0.4, -0.2) is 28.1 Å². The Labute approximate surface area is 123 Å². The van der Waals surface area contributed by atoms with Crippen LogP contribution in [0, 0.1) is 5.92 Å². The lowest BCUT2D eigenvalue weighted by Gasteiger charge is -2.15. The number of halogens is 1. The van der Waals surface area contributed by atoms with Crippen molar-refractivity contribution in [3.63, 3.8) is 0 Å². The highest BCUT2D eigenvalue weighted by molar-refractivity contribution is 7.90. The van der Waals surface area contributed by atoms with E-state index in [1.165, 1.54) is 6.20 Å². The van der Waals surface area contributed by atoms with Gasteiger partial charge < -0.3 is 0 Å². The van der Waals surface area contributed by atoms with Gasteiger partial charge in [-0.25, -0.2) is 8.42 Å². The average Bonchev–Trinajstić information content (AvgIpc) is 2.88. The van der Waals surface area contributed by atoms with Crippen LogP contribution < -0.4 is 0 Å². The molecular formula is C13H16ClN3O2S. The van der Waals surface area contributed by atoms with Crippen LogP contribution >= 0.6 is 11.6 Å². The van der Waals surface area contributed by atoms with Gasteiger partial charge in [0.15, 0.2) is 0 Å². The predicted octanol–water partition coefficient (Wildman–Crippen LogP) is 2.82. The molecule has 0 saturated carbocycles. The van der Waals surface area contributed by atoms with E-state index in [0.717, 1.165) is 4.09 Å². The van der Waals surface area contributed by atoms with E-state index in [0.29, 0.717) is 16.3 Å². The summed E-state index contributed by atoms with van der Waals surface area (Å²) in [5, 5.41) is 7.60. The maximum absolute atomic E-state index is 12.3. The molecule has 20 heavy (non-hydrogen) atoms. The molecular weight excluding hydrogens is 298 g/mol. The molecule has 2 aromatic rings. The highest BCUT2D eigenvalue weighted by Crippen LogP contribution is 2.26. The lowest BCUT2D eigenvalue weighted by molar-refractivity contribution is 0.529. The van der Waals surface area contributed by atoms with Crippen molar-refractivity contribution in [1.29, 1.82) is 0 Å². The molecule has 0 spiro atoms. The molecule has 0 N–H and O–H groups in total. The van der Waals surface area contributed by atoms with Crippen molar-refractivity contribution in [2.75, 3.05) is 0 Å². The highest BCUT2D eigenvalue weighted by atomic mass is 35.5. The Kier molecular flexibility index (Phi) is 4.15. The molecule has 0 unspecified atom stereocenters. The minimum atomic E-state index is -3.54. The van der Waals surface area contributed by atoms with Crippen LogP contribution in [0.1, 0.15) is 20.8 Å². The van der Waals surface area contributed by atoms with Gasteiger partial charge in [-0.2, -0.15) is 0 Å². The minimum Gasteiger partial charge on any atom is -0.204 e. The van der Waals surface area contributed by atoms with Gasteiger partial charge in [-0.1, -0.05) is 48.9 Å². The second-order valence-electron chi connectivity index (χ2n) is 4.95. The Morgan fingerprint density at radius 3 is 2.45 bits per heavy atom. The van der Waals surface area contributed by atoms with E-state index >= 15 is 0 Å². The zero-order chi connectivity index (χ0) is 14.9. The van der Waals surface area contributed by atoms with Gasteiger partial charge in [0.25, 0.3) is 10.0 Å². The van der Waals surface area contributed by atoms with E-state index in [-0.39, 0.29) is 5.92 Å². The molecule has 108 valence electrons. The van der Waals surface area contributed by atoms with Crippen LogP contribution in [0.3, 0.4) is 0 Å². The van der Waals surface area contributed by atoms with Gasteiger partial charge in [-0.15, -0.1) is 9.19 Å². The number of hydrogen-bond acceptors (Lipinski definition) is 4. The van der Waals surface area contributed by atoms with Gasteiger partial charge in [0.1, 0.15) is 5.69 Å². The molecule has 0 aliphatic heterocycles. The van der Waals surface area contributed by atoms with Gasteiger partial charge >= 0.3 is 0 Å². The second kappa shape index (κ2) is 5.54. The van der Waals surface area contributed by atoms with Crippen molar-refractivity contribution in [3.05, 3.63) is 35.5 Å². The van der Waals surface area contributed by atoms with Crippen LogP contribution in [-0.2, 0) is 10.0 Å². The third kappa shape index (κ3) is 2.71. The molecule has 2 rings (SSSR count). The molecule has 1 aromatic carbocycles. The summed E-state index contributed by atoms with van der Waals surface area (Å²) in [6.07, 6.45) is 1.40. The summed E-state index contributed by atoms with van der Waals surface area (Å²) < 4.78 is 25.6. The first-order valence-corrected chi connectivity index (χ1v) is 8.13. The number of nitrogens with zero attached hydrogens (tertiary/aromatic N) is 3. The highest BCUT2D eigenvalue weighted by Gasteiger charge is 2.27. The molecule has 0 radical (unpaired) electrons. The summed E-state index contributed by atoms with van der Waals surface area (Å²) in [4.78, 5) is 0. The van der Waals surface area contributed by atoms with Crippen molar-refractivity contribution >= 4 is 21.6 Å². The SMILES string of the molecule is CC(C)[C@H](C)S(=O)(=O)n1cc(-c2ccccc2Cl)nn1. The smallest absolute Gasteiger partial charge is 0.204 e. The standard InChI is InChI=1S/C13H16ClN3O2S/c1-9(2)10(3)20(18,19)17-8-13(15-16-17)11-6-4-5-7-12(11)14/h4-10H,1-3H3/t10-/m0/s1. The maximum atomic E-state index is 12.3. The van der Waals surface area contributed by atoms with Crippen molar-refractivity contribution in [2.45, 2.75) is 26.0 Å². The molecule has 0 aliphatic carbocycles. The Morgan fingerprint density at radius 1 is 1.20 bits per heavy atom. The van der Waals surface area contributed by atoms with Crippen molar-refractivity contribution in [3.8, 4) is 11.3 Å². The molecule has 0 saturated heterocycles. The van der Waals surface area contributed by atoms with E-state index in [9.17, 15) is 8.42 Å². The van der Waals surface area contributed by atoms with E-state index in [1.807, 2.05) is 19.9 Å². The molecule has 1 heterocycles. The first-order valence-electron chi connectivity index (χ1n) is 6.25. The molecule has 5 nitrogen and oxygen atoms in total. The molecule has 0 amide bonds. The van der Waals surface area contributed by atoms with Gasteiger partial charge in [0, 0.05) is 5.56 Å². The van der Waals surface area contributed by atoms with Crippen LogP contribution in [0.25, 0.3) is 11.3 Å². The lowest BCUT2D eigenvalue weighted by atomic mass is 10.2. The van der Waals surface area contributed by atoms with Crippen molar-refractivity contribution < 1.29 is 8.42 Å². The van der Waals surface area contributed by atoms with Gasteiger partial charge in [0.2, 0.25) is 0 Å². The van der Waals surface area contributed by atoms with E-state index < -0.39 is 15.3 Å². The Hall–Kier alpha value is -1.40. The third-order valence-electron chi connectivity index (χ3n) is 3.29. The van der Waals surface area contributed by atoms with E-state index in [1.54, 1.807) is 25.1 Å². The number of benzene rings is 1. The van der Waals surface area contributed by atoms with Crippen LogP contribution in [0.15, 0.2) is 30.5 Å². The fourth-order valence-electron chi connectivity index (χ4n) is 1.68. The Balaban J connectivity index is 2.42. The largest absolute Gasteiger partial charge is 0.258 e. The molecule has 7 heteroatoms. The van der Waals surface area contributed by atoms with Crippen molar-refractivity contribution in [1.82, 2.24) is 14.4 Å². The summed E-state index contributed by atoms with van der Waals surface area (Å²) in [6, 6.07) is 7.11. The fourth-order valence-corrected chi connectivity index (χ4v) is 3.33. The van der Waals surface area contributed by atoms with Gasteiger partial charge in [-0.3, -0.25) is 0 Å². The average molecular weight is 314 g/mol.